The Morgan fingerprint density at radius 1 is 1.07 bits per heavy atom. The maximum atomic E-state index is 13.8. The first kappa shape index (κ1) is 18.2. The molecular formula is C18H22F3O5S-. The lowest BCUT2D eigenvalue weighted by molar-refractivity contribution is -0.260. The number of carbonyl (C=O) groups is 1. The van der Waals surface area contributed by atoms with Crippen LogP contribution in [0.25, 0.3) is 0 Å². The molecule has 5 unspecified atom stereocenters. The molecule has 0 aromatic heterocycles. The fraction of sp³-hybridized carbons (Fsp3) is 0.944. The van der Waals surface area contributed by atoms with E-state index in [1.165, 1.54) is 6.42 Å². The predicted octanol–water partition coefficient (Wildman–Crippen LogP) is 2.71. The molecule has 0 saturated heterocycles. The van der Waals surface area contributed by atoms with Crippen LogP contribution in [-0.2, 0) is 19.6 Å². The van der Waals surface area contributed by atoms with Gasteiger partial charge in [-0.05, 0) is 80.0 Å². The molecule has 5 nitrogen and oxygen atoms in total. The van der Waals surface area contributed by atoms with Crippen molar-refractivity contribution in [1.82, 2.24) is 0 Å². The first-order valence-electron chi connectivity index (χ1n) is 9.70. The maximum absolute atomic E-state index is 13.8. The molecule has 0 spiro atoms. The van der Waals surface area contributed by atoms with Crippen molar-refractivity contribution in [3.8, 4) is 0 Å². The number of hydrogen-bond acceptors (Lipinski definition) is 5. The lowest BCUT2D eigenvalue weighted by Gasteiger charge is -2.73. The van der Waals surface area contributed by atoms with Crippen molar-refractivity contribution in [2.45, 2.75) is 50.0 Å². The Kier molecular flexibility index (Phi) is 3.64. The van der Waals surface area contributed by atoms with Gasteiger partial charge in [0.05, 0.1) is 5.41 Å². The molecule has 0 aromatic rings. The molecule has 9 heteroatoms. The molecule has 7 rings (SSSR count). The van der Waals surface area contributed by atoms with Crippen molar-refractivity contribution in [3.63, 3.8) is 0 Å². The number of esters is 1. The lowest BCUT2D eigenvalue weighted by Crippen LogP contribution is -2.70. The third-order valence-electron chi connectivity index (χ3n) is 8.51. The predicted molar refractivity (Wildman–Crippen MR) is 85.1 cm³/mol. The second kappa shape index (κ2) is 5.40. The van der Waals surface area contributed by atoms with E-state index in [4.69, 9.17) is 4.74 Å². The van der Waals surface area contributed by atoms with Crippen LogP contribution < -0.4 is 0 Å². The molecule has 0 N–H and O–H groups in total. The van der Waals surface area contributed by atoms with Gasteiger partial charge in [0.15, 0.2) is 10.1 Å². The third-order valence-corrected chi connectivity index (χ3v) is 9.44. The van der Waals surface area contributed by atoms with Gasteiger partial charge in [0.2, 0.25) is 6.17 Å². The molecule has 8 bridgehead atoms. The van der Waals surface area contributed by atoms with Crippen LogP contribution in [0.1, 0.15) is 38.5 Å². The van der Waals surface area contributed by atoms with Crippen LogP contribution in [0.2, 0.25) is 0 Å². The molecule has 0 radical (unpaired) electrons. The molecule has 7 aliphatic carbocycles. The van der Waals surface area contributed by atoms with Crippen LogP contribution in [0.4, 0.5) is 13.2 Å². The molecular weight excluding hydrogens is 385 g/mol. The normalized spacial score (nSPS) is 48.1. The van der Waals surface area contributed by atoms with Gasteiger partial charge in [-0.1, -0.05) is 0 Å². The molecule has 0 amide bonds. The molecule has 0 heterocycles. The Hall–Kier alpha value is -0.830. The second-order valence-electron chi connectivity index (χ2n) is 9.44. The van der Waals surface area contributed by atoms with Crippen molar-refractivity contribution in [3.05, 3.63) is 0 Å². The number of carbonyl (C=O) groups excluding carboxylic acids is 1. The average molecular weight is 407 g/mol. The molecule has 7 aliphatic rings. The van der Waals surface area contributed by atoms with E-state index in [2.05, 4.69) is 0 Å². The fourth-order valence-electron chi connectivity index (χ4n) is 7.88. The van der Waals surface area contributed by atoms with Crippen molar-refractivity contribution >= 4 is 16.1 Å². The van der Waals surface area contributed by atoms with E-state index in [9.17, 15) is 30.9 Å². The summed E-state index contributed by atoms with van der Waals surface area (Å²) in [7, 11) is -6.16. The van der Waals surface area contributed by atoms with E-state index in [-0.39, 0.29) is 11.8 Å². The van der Waals surface area contributed by atoms with Gasteiger partial charge in [0.25, 0.3) is 0 Å². The highest BCUT2D eigenvalue weighted by Gasteiger charge is 2.73. The Labute approximate surface area is 155 Å². The van der Waals surface area contributed by atoms with E-state index in [0.717, 1.165) is 25.7 Å². The topological polar surface area (TPSA) is 83.5 Å². The van der Waals surface area contributed by atoms with Gasteiger partial charge in [0.1, 0.15) is 6.61 Å². The number of halogens is 3. The summed E-state index contributed by atoms with van der Waals surface area (Å²) >= 11 is 0. The van der Waals surface area contributed by atoms with Gasteiger partial charge < -0.3 is 9.29 Å². The Bertz CT molecular complexity index is 760. The highest BCUT2D eigenvalue weighted by atomic mass is 32.2. The first-order valence-corrected chi connectivity index (χ1v) is 11.1. The molecule has 0 aromatic carbocycles. The minimum Gasteiger partial charge on any atom is -0.743 e. The number of rotatable bonds is 5. The zero-order chi connectivity index (χ0) is 19.4. The summed E-state index contributed by atoms with van der Waals surface area (Å²) in [5, 5.41) is -5.10. The first-order chi connectivity index (χ1) is 12.6. The zero-order valence-corrected chi connectivity index (χ0v) is 15.5. The molecule has 152 valence electrons. The Balaban J connectivity index is 1.38. The Morgan fingerprint density at radius 2 is 1.63 bits per heavy atom. The summed E-state index contributed by atoms with van der Waals surface area (Å²) in [6, 6.07) is 0. The van der Waals surface area contributed by atoms with E-state index < -0.39 is 39.5 Å². The van der Waals surface area contributed by atoms with Crippen LogP contribution in [0.15, 0.2) is 0 Å². The summed E-state index contributed by atoms with van der Waals surface area (Å²) in [4.78, 5) is 13.1. The van der Waals surface area contributed by atoms with Crippen molar-refractivity contribution < 1.29 is 35.7 Å². The number of alkyl halides is 3. The fourth-order valence-corrected chi connectivity index (χ4v) is 8.26. The van der Waals surface area contributed by atoms with Crippen molar-refractivity contribution in [1.29, 1.82) is 0 Å². The summed E-state index contributed by atoms with van der Waals surface area (Å²) < 4.78 is 77.2. The van der Waals surface area contributed by atoms with E-state index in [1.54, 1.807) is 0 Å². The molecule has 5 atom stereocenters. The molecule has 7 fully saturated rings. The van der Waals surface area contributed by atoms with Gasteiger partial charge in [-0.2, -0.15) is 8.78 Å². The highest BCUT2D eigenvalue weighted by Crippen LogP contribution is 2.76. The van der Waals surface area contributed by atoms with Gasteiger partial charge in [-0.3, -0.25) is 4.79 Å². The van der Waals surface area contributed by atoms with E-state index in [0.29, 0.717) is 36.0 Å². The SMILES string of the molecule is O=C(OCC(F)C(F)(F)S(=O)(=O)[O-])C12CC3CC4C5CC(CC41)CC2C5C3. The molecule has 0 aliphatic heterocycles. The summed E-state index contributed by atoms with van der Waals surface area (Å²) in [6.45, 7) is -1.40. The average Bonchev–Trinajstić information content (AvgIpc) is 2.61. The van der Waals surface area contributed by atoms with Gasteiger partial charge >= 0.3 is 11.2 Å². The van der Waals surface area contributed by atoms with Crippen molar-refractivity contribution in [2.24, 2.45) is 46.8 Å². The maximum Gasteiger partial charge on any atom is 0.368 e. The summed E-state index contributed by atoms with van der Waals surface area (Å²) in [6.07, 6.45) is 2.64. The smallest absolute Gasteiger partial charge is 0.368 e. The second-order valence-corrected chi connectivity index (χ2v) is 10.9. The lowest BCUT2D eigenvalue weighted by atomic mass is 9.31. The monoisotopic (exact) mass is 407 g/mol. The number of hydrogen-bond donors (Lipinski definition) is 0. The standard InChI is InChI=1S/C18H23F3O5S/c19-15(18(20,21)27(23,24)25)7-26-16(22)17-6-9-2-11-10-1-8(4-13(11)17)5-14(17)12(10)3-9/h8-15H,1-7H2,(H,23,24,25)/p-1. The van der Waals surface area contributed by atoms with Gasteiger partial charge in [0, 0.05) is 0 Å². The molecule has 7 saturated carbocycles. The van der Waals surface area contributed by atoms with Crippen LogP contribution in [0, 0.1) is 46.8 Å². The Morgan fingerprint density at radius 3 is 2.19 bits per heavy atom. The van der Waals surface area contributed by atoms with Crippen LogP contribution in [0.5, 0.6) is 0 Å². The van der Waals surface area contributed by atoms with Crippen LogP contribution in [-0.4, -0.2) is 37.0 Å². The molecule has 27 heavy (non-hydrogen) atoms. The summed E-state index contributed by atoms with van der Waals surface area (Å²) in [5.41, 5.74) is -0.727. The largest absolute Gasteiger partial charge is 0.743 e. The van der Waals surface area contributed by atoms with Crippen LogP contribution in [0.3, 0.4) is 0 Å². The van der Waals surface area contributed by atoms with E-state index in [1.807, 2.05) is 0 Å². The minimum atomic E-state index is -6.16. The number of ether oxygens (including phenoxy) is 1. The third kappa shape index (κ3) is 2.21. The van der Waals surface area contributed by atoms with Crippen molar-refractivity contribution in [2.75, 3.05) is 6.61 Å². The highest BCUT2D eigenvalue weighted by molar-refractivity contribution is 7.86. The van der Waals surface area contributed by atoms with Crippen LogP contribution >= 0.6 is 0 Å². The van der Waals surface area contributed by atoms with Gasteiger partial charge in [-0.15, -0.1) is 0 Å². The van der Waals surface area contributed by atoms with Gasteiger partial charge in [-0.25, -0.2) is 12.8 Å². The minimum absolute atomic E-state index is 0.169. The zero-order valence-electron chi connectivity index (χ0n) is 14.7. The van der Waals surface area contributed by atoms with E-state index >= 15 is 0 Å². The quantitative estimate of drug-likeness (QED) is 0.517. The summed E-state index contributed by atoms with van der Waals surface area (Å²) in [5.74, 6) is 2.29.